The molecule has 3 rings (SSSR count). The molecule has 8 heteroatoms. The molecule has 1 aromatic carbocycles. The molecule has 0 saturated carbocycles. The number of ether oxygens (including phenoxy) is 2. The Labute approximate surface area is 169 Å². The van der Waals surface area contributed by atoms with E-state index in [4.69, 9.17) is 9.47 Å². The third-order valence-electron chi connectivity index (χ3n) is 4.98. The van der Waals surface area contributed by atoms with Gasteiger partial charge in [0, 0.05) is 17.3 Å². The van der Waals surface area contributed by atoms with Gasteiger partial charge in [0.15, 0.2) is 0 Å². The zero-order valence-electron chi connectivity index (χ0n) is 15.8. The number of thiophene rings is 1. The van der Waals surface area contributed by atoms with Crippen LogP contribution in [0, 0.1) is 5.92 Å². The first-order valence-corrected chi connectivity index (χ1v) is 11.2. The van der Waals surface area contributed by atoms with Gasteiger partial charge < -0.3 is 9.47 Å². The Bertz CT molecular complexity index is 949. The molecule has 0 saturated heterocycles. The normalized spacial score (nSPS) is 20.5. The number of rotatable bonds is 5. The molecule has 0 bridgehead atoms. The van der Waals surface area contributed by atoms with Crippen molar-refractivity contribution in [3.05, 3.63) is 58.8 Å². The van der Waals surface area contributed by atoms with Crippen molar-refractivity contribution < 1.29 is 22.7 Å². The Hall–Kier alpha value is -2.16. The monoisotopic (exact) mass is 421 g/mol. The second-order valence-corrected chi connectivity index (χ2v) is 9.37. The van der Waals surface area contributed by atoms with Crippen molar-refractivity contribution in [1.82, 2.24) is 4.31 Å². The van der Waals surface area contributed by atoms with E-state index in [9.17, 15) is 13.2 Å². The number of esters is 1. The first-order chi connectivity index (χ1) is 13.4. The summed E-state index contributed by atoms with van der Waals surface area (Å²) < 4.78 is 38.2. The Morgan fingerprint density at radius 3 is 2.57 bits per heavy atom. The van der Waals surface area contributed by atoms with Gasteiger partial charge in [-0.15, -0.1) is 17.9 Å². The maximum atomic E-state index is 13.4. The summed E-state index contributed by atoms with van der Waals surface area (Å²) >= 11 is 1.60. The quantitative estimate of drug-likeness (QED) is 0.548. The molecule has 2 heterocycles. The molecule has 1 aliphatic rings. The summed E-state index contributed by atoms with van der Waals surface area (Å²) in [7, 11) is -1.14. The molecular formula is C20H23NO5S2. The average molecular weight is 422 g/mol. The van der Waals surface area contributed by atoms with Gasteiger partial charge in [0.2, 0.25) is 10.0 Å². The van der Waals surface area contributed by atoms with Crippen LogP contribution in [0.2, 0.25) is 0 Å². The lowest BCUT2D eigenvalue weighted by atomic mass is 9.90. The molecule has 0 N–H and O–H groups in total. The molecule has 0 unspecified atom stereocenters. The predicted molar refractivity (Wildman–Crippen MR) is 108 cm³/mol. The number of hydrogen-bond donors (Lipinski definition) is 0. The fourth-order valence-corrected chi connectivity index (χ4v) is 6.01. The van der Waals surface area contributed by atoms with Crippen molar-refractivity contribution in [3.63, 3.8) is 0 Å². The van der Waals surface area contributed by atoms with Crippen LogP contribution in [0.3, 0.4) is 0 Å². The van der Waals surface area contributed by atoms with Crippen LogP contribution < -0.4 is 4.74 Å². The van der Waals surface area contributed by atoms with E-state index in [0.717, 1.165) is 10.4 Å². The topological polar surface area (TPSA) is 72.9 Å². The number of benzene rings is 1. The minimum absolute atomic E-state index is 0.108. The molecule has 150 valence electrons. The van der Waals surface area contributed by atoms with Crippen LogP contribution in [-0.4, -0.2) is 45.5 Å². The highest BCUT2D eigenvalue weighted by Crippen LogP contribution is 2.32. The van der Waals surface area contributed by atoms with Gasteiger partial charge in [-0.25, -0.2) is 8.42 Å². The van der Waals surface area contributed by atoms with Crippen LogP contribution >= 0.6 is 11.3 Å². The Morgan fingerprint density at radius 2 is 1.96 bits per heavy atom. The van der Waals surface area contributed by atoms with Gasteiger partial charge in [0.05, 0.1) is 19.1 Å². The molecule has 1 aromatic heterocycles. The summed E-state index contributed by atoms with van der Waals surface area (Å²) in [5.74, 6) is -0.418. The lowest BCUT2D eigenvalue weighted by Crippen LogP contribution is -2.51. The van der Waals surface area contributed by atoms with Gasteiger partial charge in [0.25, 0.3) is 0 Å². The zero-order chi connectivity index (χ0) is 20.3. The van der Waals surface area contributed by atoms with E-state index in [0.29, 0.717) is 18.6 Å². The van der Waals surface area contributed by atoms with Gasteiger partial charge in [0.1, 0.15) is 11.8 Å². The Balaban J connectivity index is 2.08. The van der Waals surface area contributed by atoms with Gasteiger partial charge in [-0.3, -0.25) is 4.79 Å². The van der Waals surface area contributed by atoms with Gasteiger partial charge in [-0.1, -0.05) is 6.08 Å². The third kappa shape index (κ3) is 3.85. The number of hydrogen-bond acceptors (Lipinski definition) is 6. The van der Waals surface area contributed by atoms with E-state index < -0.39 is 28.0 Å². The van der Waals surface area contributed by atoms with Crippen LogP contribution in [0.1, 0.15) is 10.4 Å². The summed E-state index contributed by atoms with van der Waals surface area (Å²) in [6.45, 7) is 4.04. The molecule has 0 amide bonds. The van der Waals surface area contributed by atoms with Crippen LogP contribution in [0.25, 0.3) is 0 Å². The number of nitrogens with zero attached hydrogens (tertiary/aromatic N) is 1. The minimum atomic E-state index is -3.93. The van der Waals surface area contributed by atoms with Crippen LogP contribution in [-0.2, 0) is 32.4 Å². The summed E-state index contributed by atoms with van der Waals surface area (Å²) in [6.07, 6.45) is 2.72. The van der Waals surface area contributed by atoms with E-state index >= 15 is 0 Å². The number of carbonyl (C=O) groups excluding carboxylic acids is 1. The molecule has 2 atom stereocenters. The molecule has 2 aromatic rings. The van der Waals surface area contributed by atoms with E-state index in [1.54, 1.807) is 29.5 Å². The molecule has 0 spiro atoms. The molecule has 0 radical (unpaired) electrons. The summed E-state index contributed by atoms with van der Waals surface area (Å²) in [6, 6.07) is 7.21. The fourth-order valence-electron chi connectivity index (χ4n) is 3.48. The summed E-state index contributed by atoms with van der Waals surface area (Å²) in [4.78, 5) is 13.9. The van der Waals surface area contributed by atoms with Crippen LogP contribution in [0.4, 0.5) is 0 Å². The lowest BCUT2D eigenvalue weighted by molar-refractivity contribution is -0.146. The first kappa shape index (κ1) is 20.6. The fraction of sp³-hybridized carbons (Fsp3) is 0.350. The third-order valence-corrected chi connectivity index (χ3v) is 7.90. The second kappa shape index (κ2) is 8.46. The van der Waals surface area contributed by atoms with E-state index in [-0.39, 0.29) is 11.4 Å². The minimum Gasteiger partial charge on any atom is -0.497 e. The molecule has 0 aliphatic carbocycles. The number of methoxy groups -OCH3 is 2. The molecule has 6 nitrogen and oxygen atoms in total. The van der Waals surface area contributed by atoms with E-state index in [1.165, 1.54) is 30.7 Å². The highest BCUT2D eigenvalue weighted by molar-refractivity contribution is 7.89. The maximum absolute atomic E-state index is 13.4. The largest absolute Gasteiger partial charge is 0.497 e. The average Bonchev–Trinajstić information content (AvgIpc) is 3.13. The van der Waals surface area contributed by atoms with E-state index in [2.05, 4.69) is 6.58 Å². The molecule has 1 aliphatic heterocycles. The Morgan fingerprint density at radius 1 is 1.25 bits per heavy atom. The van der Waals surface area contributed by atoms with Crippen molar-refractivity contribution in [3.8, 4) is 5.75 Å². The SMILES string of the molecule is C=C[C@H]1Cc2ccsc2CCN(S(=O)(=O)c2ccc(OC)cc2)[C@H]1C(=O)OC. The standard InChI is InChI=1S/C20H23NO5S2/c1-4-14-13-15-10-12-27-18(15)9-11-21(19(14)20(22)26-3)28(23,24)17-7-5-16(25-2)6-8-17/h4-8,10,12,14,19H,1,9,11,13H2,2-3H3/t14-,19+/m0/s1. The van der Waals surface area contributed by atoms with Crippen molar-refractivity contribution in [2.75, 3.05) is 20.8 Å². The van der Waals surface area contributed by atoms with Crippen molar-refractivity contribution >= 4 is 27.3 Å². The number of sulfonamides is 1. The summed E-state index contributed by atoms with van der Waals surface area (Å²) in [5.41, 5.74) is 1.13. The lowest BCUT2D eigenvalue weighted by Gasteiger charge is -2.35. The molecule has 28 heavy (non-hydrogen) atoms. The summed E-state index contributed by atoms with van der Waals surface area (Å²) in [5, 5.41) is 1.99. The van der Waals surface area contributed by atoms with Crippen molar-refractivity contribution in [2.45, 2.75) is 23.8 Å². The van der Waals surface area contributed by atoms with Gasteiger partial charge in [-0.2, -0.15) is 4.31 Å². The second-order valence-electron chi connectivity index (χ2n) is 6.48. The molecular weight excluding hydrogens is 398 g/mol. The van der Waals surface area contributed by atoms with Crippen molar-refractivity contribution in [1.29, 1.82) is 0 Å². The maximum Gasteiger partial charge on any atom is 0.324 e. The van der Waals surface area contributed by atoms with Gasteiger partial charge >= 0.3 is 5.97 Å². The van der Waals surface area contributed by atoms with Crippen molar-refractivity contribution in [2.24, 2.45) is 5.92 Å². The number of fused-ring (bicyclic) bond motifs is 1. The zero-order valence-corrected chi connectivity index (χ0v) is 17.5. The van der Waals surface area contributed by atoms with Gasteiger partial charge in [-0.05, 0) is 54.1 Å². The van der Waals surface area contributed by atoms with Crippen LogP contribution in [0.5, 0.6) is 5.75 Å². The highest BCUT2D eigenvalue weighted by atomic mass is 32.2. The predicted octanol–water partition coefficient (Wildman–Crippen LogP) is 2.89. The number of carbonyl (C=O) groups is 1. The molecule has 0 fully saturated rings. The highest BCUT2D eigenvalue weighted by Gasteiger charge is 2.42. The Kier molecular flexibility index (Phi) is 6.22. The first-order valence-electron chi connectivity index (χ1n) is 8.84. The van der Waals surface area contributed by atoms with Crippen LogP contribution in [0.15, 0.2) is 53.3 Å². The smallest absolute Gasteiger partial charge is 0.324 e. The van der Waals surface area contributed by atoms with E-state index in [1.807, 2.05) is 11.4 Å².